The smallest absolute Gasteiger partial charge is 0.0769 e. The van der Waals surface area contributed by atoms with Crippen LogP contribution >= 0.6 is 23.5 Å². The van der Waals surface area contributed by atoms with E-state index in [1.807, 2.05) is 0 Å². The van der Waals surface area contributed by atoms with Crippen molar-refractivity contribution < 1.29 is 4.74 Å². The normalized spacial score (nSPS) is 43.6. The van der Waals surface area contributed by atoms with Gasteiger partial charge in [0.2, 0.25) is 0 Å². The summed E-state index contributed by atoms with van der Waals surface area (Å²) in [5.74, 6) is 2.76. The Bertz CT molecular complexity index is 376. The SMILES string of the molecule is C1CCC(C2(C3CCCS3)CCCCN2C2CCCCS2)OC1. The average Bonchev–Trinajstić information content (AvgIpc) is 3.18. The highest BCUT2D eigenvalue weighted by Gasteiger charge is 2.54. The Labute approximate surface area is 150 Å². The van der Waals surface area contributed by atoms with Crippen LogP contribution in [0.2, 0.25) is 0 Å². The van der Waals surface area contributed by atoms with Crippen LogP contribution in [0.15, 0.2) is 0 Å². The van der Waals surface area contributed by atoms with Gasteiger partial charge in [-0.15, -0.1) is 11.8 Å². The minimum absolute atomic E-state index is 0.356. The molecule has 4 aliphatic rings. The highest BCUT2D eigenvalue weighted by Crippen LogP contribution is 2.50. The Balaban J connectivity index is 1.64. The summed E-state index contributed by atoms with van der Waals surface area (Å²) in [5, 5.41) is 1.60. The lowest BCUT2D eigenvalue weighted by Gasteiger charge is -2.58. The van der Waals surface area contributed by atoms with Gasteiger partial charge in [-0.05, 0) is 75.8 Å². The van der Waals surface area contributed by atoms with Gasteiger partial charge >= 0.3 is 0 Å². The largest absolute Gasteiger partial charge is 0.376 e. The van der Waals surface area contributed by atoms with E-state index in [-0.39, 0.29) is 0 Å². The summed E-state index contributed by atoms with van der Waals surface area (Å²) >= 11 is 4.53. The third kappa shape index (κ3) is 3.35. The molecule has 4 saturated heterocycles. The zero-order valence-electron chi connectivity index (χ0n) is 14.5. The molecule has 0 N–H and O–H groups in total. The third-order valence-corrected chi connectivity index (χ3v) is 9.46. The van der Waals surface area contributed by atoms with E-state index in [4.69, 9.17) is 4.74 Å². The monoisotopic (exact) mass is 355 g/mol. The van der Waals surface area contributed by atoms with Crippen LogP contribution in [0.1, 0.15) is 70.6 Å². The number of ether oxygens (including phenoxy) is 1. The van der Waals surface area contributed by atoms with E-state index in [2.05, 4.69) is 28.4 Å². The number of thioether (sulfide) groups is 2. The fourth-order valence-electron chi connectivity index (χ4n) is 5.43. The summed E-state index contributed by atoms with van der Waals surface area (Å²) in [6.07, 6.45) is 15.8. The Hall–Kier alpha value is 0.620. The first-order valence-electron chi connectivity index (χ1n) is 10.0. The van der Waals surface area contributed by atoms with Crippen LogP contribution in [0, 0.1) is 0 Å². The lowest BCUT2D eigenvalue weighted by atomic mass is 9.75. The van der Waals surface area contributed by atoms with Crippen molar-refractivity contribution in [3.63, 3.8) is 0 Å². The first-order chi connectivity index (χ1) is 11.4. The minimum Gasteiger partial charge on any atom is -0.376 e. The Kier molecular flexibility index (Phi) is 5.85. The zero-order chi connectivity index (χ0) is 15.5. The molecule has 4 rings (SSSR count). The van der Waals surface area contributed by atoms with E-state index in [1.165, 1.54) is 88.7 Å². The van der Waals surface area contributed by atoms with Gasteiger partial charge in [-0.25, -0.2) is 0 Å². The maximum absolute atomic E-state index is 6.49. The van der Waals surface area contributed by atoms with E-state index in [9.17, 15) is 0 Å². The van der Waals surface area contributed by atoms with Crippen LogP contribution in [0.25, 0.3) is 0 Å². The first-order valence-corrected chi connectivity index (χ1v) is 12.1. The predicted molar refractivity (Wildman–Crippen MR) is 102 cm³/mol. The summed E-state index contributed by atoms with van der Waals surface area (Å²) in [6, 6.07) is 0. The van der Waals surface area contributed by atoms with Gasteiger partial charge in [0, 0.05) is 11.9 Å². The second kappa shape index (κ2) is 7.88. The van der Waals surface area contributed by atoms with Crippen molar-refractivity contribution in [3.8, 4) is 0 Å². The van der Waals surface area contributed by atoms with Crippen molar-refractivity contribution in [1.82, 2.24) is 4.90 Å². The second-order valence-corrected chi connectivity index (χ2v) is 10.4. The lowest BCUT2D eigenvalue weighted by Crippen LogP contribution is -2.67. The fraction of sp³-hybridized carbons (Fsp3) is 1.00. The number of hydrogen-bond donors (Lipinski definition) is 0. The highest BCUT2D eigenvalue weighted by molar-refractivity contribution is 8.00. The van der Waals surface area contributed by atoms with Gasteiger partial charge in [0.15, 0.2) is 0 Å². The van der Waals surface area contributed by atoms with Gasteiger partial charge < -0.3 is 4.74 Å². The molecule has 4 fully saturated rings. The molecule has 2 nitrogen and oxygen atoms in total. The zero-order valence-corrected chi connectivity index (χ0v) is 16.1. The Morgan fingerprint density at radius 1 is 0.826 bits per heavy atom. The van der Waals surface area contributed by atoms with E-state index in [1.54, 1.807) is 0 Å². The topological polar surface area (TPSA) is 12.5 Å². The molecule has 0 amide bonds. The summed E-state index contributed by atoms with van der Waals surface area (Å²) in [6.45, 7) is 2.34. The molecule has 23 heavy (non-hydrogen) atoms. The number of nitrogens with zero attached hydrogens (tertiary/aromatic N) is 1. The van der Waals surface area contributed by atoms with Crippen molar-refractivity contribution in [3.05, 3.63) is 0 Å². The number of hydrogen-bond acceptors (Lipinski definition) is 4. The third-order valence-electron chi connectivity index (χ3n) is 6.49. The molecule has 132 valence electrons. The summed E-state index contributed by atoms with van der Waals surface area (Å²) in [4.78, 5) is 3.00. The van der Waals surface area contributed by atoms with Crippen LogP contribution in [0.4, 0.5) is 0 Å². The summed E-state index contributed by atoms with van der Waals surface area (Å²) in [5.41, 5.74) is 0.356. The first kappa shape index (κ1) is 17.1. The van der Waals surface area contributed by atoms with Crippen molar-refractivity contribution in [1.29, 1.82) is 0 Å². The van der Waals surface area contributed by atoms with Crippen LogP contribution in [-0.4, -0.2) is 51.8 Å². The van der Waals surface area contributed by atoms with Gasteiger partial charge in [0.1, 0.15) is 0 Å². The van der Waals surface area contributed by atoms with Crippen molar-refractivity contribution in [2.75, 3.05) is 24.7 Å². The van der Waals surface area contributed by atoms with Crippen molar-refractivity contribution in [2.24, 2.45) is 0 Å². The van der Waals surface area contributed by atoms with E-state index in [0.29, 0.717) is 11.6 Å². The molecule has 0 aromatic carbocycles. The Morgan fingerprint density at radius 3 is 2.48 bits per heavy atom. The average molecular weight is 356 g/mol. The maximum atomic E-state index is 6.49. The van der Waals surface area contributed by atoms with Crippen LogP contribution in [0.3, 0.4) is 0 Å². The van der Waals surface area contributed by atoms with Crippen LogP contribution in [0.5, 0.6) is 0 Å². The molecule has 4 heteroatoms. The van der Waals surface area contributed by atoms with Crippen LogP contribution in [-0.2, 0) is 4.74 Å². The standard InChI is InChI=1S/C19H33NOS2/c1-5-13-21-16(8-1)19(17-9-7-15-22-17)11-3-4-12-20(19)18-10-2-6-14-23-18/h16-18H,1-15H2. The molecule has 0 aliphatic carbocycles. The maximum Gasteiger partial charge on any atom is 0.0769 e. The molecule has 4 aliphatic heterocycles. The Morgan fingerprint density at radius 2 is 1.74 bits per heavy atom. The van der Waals surface area contributed by atoms with Crippen molar-refractivity contribution in [2.45, 2.75) is 92.9 Å². The molecule has 0 aromatic heterocycles. The van der Waals surface area contributed by atoms with Gasteiger partial charge in [-0.2, -0.15) is 11.8 Å². The number of rotatable bonds is 3. The molecule has 4 atom stereocenters. The number of likely N-dealkylation sites (tertiary alicyclic amines) is 1. The van der Waals surface area contributed by atoms with Gasteiger partial charge in [0.25, 0.3) is 0 Å². The molecule has 4 heterocycles. The quantitative estimate of drug-likeness (QED) is 0.712. The highest BCUT2D eigenvalue weighted by atomic mass is 32.2. The molecular weight excluding hydrogens is 322 g/mol. The molecule has 0 saturated carbocycles. The molecular formula is C19H33NOS2. The molecule has 0 radical (unpaired) electrons. The minimum atomic E-state index is 0.356. The van der Waals surface area contributed by atoms with Crippen molar-refractivity contribution >= 4 is 23.5 Å². The predicted octanol–water partition coefficient (Wildman–Crippen LogP) is 4.92. The van der Waals surface area contributed by atoms with E-state index >= 15 is 0 Å². The van der Waals surface area contributed by atoms with E-state index < -0.39 is 0 Å². The number of piperidine rings is 1. The van der Waals surface area contributed by atoms with Gasteiger partial charge in [-0.3, -0.25) is 4.90 Å². The van der Waals surface area contributed by atoms with E-state index in [0.717, 1.165) is 17.2 Å². The summed E-state index contributed by atoms with van der Waals surface area (Å²) < 4.78 is 6.49. The lowest BCUT2D eigenvalue weighted by molar-refractivity contribution is -0.116. The molecule has 0 bridgehead atoms. The summed E-state index contributed by atoms with van der Waals surface area (Å²) in [7, 11) is 0. The van der Waals surface area contributed by atoms with Gasteiger partial charge in [-0.1, -0.05) is 12.8 Å². The molecule has 0 aromatic rings. The second-order valence-electron chi connectivity index (χ2n) is 7.82. The fourth-order valence-corrected chi connectivity index (χ4v) is 8.53. The molecule has 0 spiro atoms. The van der Waals surface area contributed by atoms with Crippen LogP contribution < -0.4 is 0 Å². The van der Waals surface area contributed by atoms with Gasteiger partial charge in [0.05, 0.1) is 17.0 Å². The molecule has 4 unspecified atom stereocenters.